The summed E-state index contributed by atoms with van der Waals surface area (Å²) in [4.78, 5) is 19.1. The Labute approximate surface area is 216 Å². The highest BCUT2D eigenvalue weighted by molar-refractivity contribution is 6.10. The van der Waals surface area contributed by atoms with E-state index in [0.717, 1.165) is 11.6 Å². The molecule has 11 heteroatoms. The van der Waals surface area contributed by atoms with Gasteiger partial charge in [-0.25, -0.2) is 4.98 Å². The first-order valence-electron chi connectivity index (χ1n) is 12.0. The lowest BCUT2D eigenvalue weighted by atomic mass is 9.95. The molecule has 3 heterocycles. The third kappa shape index (κ3) is 4.49. The van der Waals surface area contributed by atoms with E-state index in [2.05, 4.69) is 20.5 Å². The molecule has 1 atom stereocenters. The minimum absolute atomic E-state index is 0.0121. The largest absolute Gasteiger partial charge is 0.416 e. The van der Waals surface area contributed by atoms with Crippen molar-refractivity contribution in [3.05, 3.63) is 77.1 Å². The number of carbonyl (C=O) groups is 1. The van der Waals surface area contributed by atoms with Crippen molar-refractivity contribution in [2.45, 2.75) is 32.7 Å². The first-order valence-corrected chi connectivity index (χ1v) is 12.0. The zero-order valence-corrected chi connectivity index (χ0v) is 20.9. The Morgan fingerprint density at radius 3 is 2.55 bits per heavy atom. The molecule has 0 spiro atoms. The number of pyridine rings is 1. The molecular weight excluding hydrogens is 497 g/mol. The number of anilines is 2. The lowest BCUT2D eigenvalue weighted by molar-refractivity contribution is -0.138. The van der Waals surface area contributed by atoms with Gasteiger partial charge in [-0.15, -0.1) is 10.2 Å². The van der Waals surface area contributed by atoms with Gasteiger partial charge in [0.05, 0.1) is 18.2 Å². The number of alkyl halides is 3. The van der Waals surface area contributed by atoms with E-state index in [1.54, 1.807) is 43.1 Å². The van der Waals surface area contributed by atoms with Crippen LogP contribution in [0.2, 0.25) is 0 Å². The molecule has 5 rings (SSSR count). The molecule has 0 bridgehead atoms. The van der Waals surface area contributed by atoms with E-state index in [1.165, 1.54) is 17.0 Å². The Balaban J connectivity index is 1.65. The number of nitrogens with one attached hydrogen (secondary N) is 1. The molecule has 2 N–H and O–H groups in total. The minimum Gasteiger partial charge on any atom is -0.389 e. The predicted molar refractivity (Wildman–Crippen MR) is 136 cm³/mol. The van der Waals surface area contributed by atoms with Crippen LogP contribution in [0.4, 0.5) is 24.8 Å². The van der Waals surface area contributed by atoms with Crippen molar-refractivity contribution in [2.24, 2.45) is 7.05 Å². The van der Waals surface area contributed by atoms with Crippen molar-refractivity contribution >= 4 is 17.5 Å². The highest BCUT2D eigenvalue weighted by Crippen LogP contribution is 2.40. The second-order valence-corrected chi connectivity index (χ2v) is 9.10. The van der Waals surface area contributed by atoms with Crippen LogP contribution in [-0.4, -0.2) is 37.3 Å². The van der Waals surface area contributed by atoms with E-state index >= 15 is 0 Å². The zero-order valence-electron chi connectivity index (χ0n) is 20.9. The predicted octanol–water partition coefficient (Wildman–Crippen LogP) is 5.21. The van der Waals surface area contributed by atoms with Gasteiger partial charge in [0.25, 0.3) is 5.91 Å². The van der Waals surface area contributed by atoms with Crippen LogP contribution in [0.5, 0.6) is 0 Å². The SMILES string of the molecule is CCNc1cc(-c2ccc([C@@H](C)O)cc2-c2nncn2C)cc(N2Cc3c(cccc3C(F)(F)F)C2=O)n1. The molecule has 0 saturated carbocycles. The fraction of sp³-hybridized carbons (Fsp3) is 0.259. The monoisotopic (exact) mass is 522 g/mol. The Morgan fingerprint density at radius 2 is 1.89 bits per heavy atom. The lowest BCUT2D eigenvalue weighted by Gasteiger charge is -2.19. The van der Waals surface area contributed by atoms with Gasteiger partial charge in [-0.2, -0.15) is 13.2 Å². The summed E-state index contributed by atoms with van der Waals surface area (Å²) >= 11 is 0. The first kappa shape index (κ1) is 25.4. The highest BCUT2D eigenvalue weighted by Gasteiger charge is 2.40. The number of amides is 1. The summed E-state index contributed by atoms with van der Waals surface area (Å²) in [6.07, 6.45) is -3.73. The van der Waals surface area contributed by atoms with E-state index in [0.29, 0.717) is 34.9 Å². The van der Waals surface area contributed by atoms with Gasteiger partial charge in [0.2, 0.25) is 0 Å². The molecule has 8 nitrogen and oxygen atoms in total. The summed E-state index contributed by atoms with van der Waals surface area (Å²) in [6.45, 7) is 3.85. The third-order valence-corrected chi connectivity index (χ3v) is 6.51. The summed E-state index contributed by atoms with van der Waals surface area (Å²) < 4.78 is 42.7. The molecular formula is C27H25F3N6O2. The minimum atomic E-state index is -4.58. The van der Waals surface area contributed by atoms with Crippen LogP contribution in [0.25, 0.3) is 22.5 Å². The molecule has 1 aliphatic rings. The fourth-order valence-corrected chi connectivity index (χ4v) is 4.65. The average molecular weight is 523 g/mol. The lowest BCUT2D eigenvalue weighted by Crippen LogP contribution is -2.24. The Bertz CT molecular complexity index is 1530. The summed E-state index contributed by atoms with van der Waals surface area (Å²) in [5.41, 5.74) is 1.89. The standard InChI is InChI=1S/C27H25F3N6O2/c1-4-31-23-11-17(18-9-8-16(15(2)37)10-20(18)25-34-32-14-35(25)3)12-24(33-23)36-13-21-19(26(36)38)6-5-7-22(21)27(28,29)30/h5-12,14-15,37H,4,13H2,1-3H3,(H,31,33)/t15-/m1/s1. The number of nitrogens with zero attached hydrogens (tertiary/aromatic N) is 5. The smallest absolute Gasteiger partial charge is 0.389 e. The molecule has 0 unspecified atom stereocenters. The van der Waals surface area contributed by atoms with Gasteiger partial charge in [0, 0.05) is 24.7 Å². The molecule has 0 radical (unpaired) electrons. The molecule has 0 fully saturated rings. The number of rotatable bonds is 6. The number of aliphatic hydroxyl groups is 1. The van der Waals surface area contributed by atoms with Crippen LogP contribution in [0, 0.1) is 0 Å². The fourth-order valence-electron chi connectivity index (χ4n) is 4.65. The number of hydrogen-bond acceptors (Lipinski definition) is 6. The van der Waals surface area contributed by atoms with E-state index in [-0.39, 0.29) is 23.5 Å². The van der Waals surface area contributed by atoms with Crippen molar-refractivity contribution in [1.82, 2.24) is 19.7 Å². The summed E-state index contributed by atoms with van der Waals surface area (Å²) in [5.74, 6) is 0.695. The van der Waals surface area contributed by atoms with Gasteiger partial charge >= 0.3 is 6.18 Å². The van der Waals surface area contributed by atoms with Crippen molar-refractivity contribution in [3.8, 4) is 22.5 Å². The molecule has 1 aliphatic heterocycles. The quantitative estimate of drug-likeness (QED) is 0.361. The van der Waals surface area contributed by atoms with Crippen LogP contribution in [0.3, 0.4) is 0 Å². The van der Waals surface area contributed by atoms with Gasteiger partial charge in [-0.3, -0.25) is 9.69 Å². The van der Waals surface area contributed by atoms with Crippen LogP contribution >= 0.6 is 0 Å². The Morgan fingerprint density at radius 1 is 1.11 bits per heavy atom. The van der Waals surface area contributed by atoms with Gasteiger partial charge in [-0.1, -0.05) is 18.2 Å². The van der Waals surface area contributed by atoms with Crippen LogP contribution < -0.4 is 10.2 Å². The van der Waals surface area contributed by atoms with E-state index < -0.39 is 23.8 Å². The number of aromatic nitrogens is 4. The second kappa shape index (κ2) is 9.56. The van der Waals surface area contributed by atoms with Crippen molar-refractivity contribution in [3.63, 3.8) is 0 Å². The van der Waals surface area contributed by atoms with Crippen molar-refractivity contribution < 1.29 is 23.1 Å². The average Bonchev–Trinajstić information content (AvgIpc) is 3.46. The van der Waals surface area contributed by atoms with Crippen molar-refractivity contribution in [2.75, 3.05) is 16.8 Å². The number of benzene rings is 2. The van der Waals surface area contributed by atoms with Crippen molar-refractivity contribution in [1.29, 1.82) is 0 Å². The number of fused-ring (bicyclic) bond motifs is 1. The molecule has 2 aromatic heterocycles. The van der Waals surface area contributed by atoms with Crippen LogP contribution in [0.15, 0.2) is 54.9 Å². The van der Waals surface area contributed by atoms with E-state index in [4.69, 9.17) is 0 Å². The Kier molecular flexibility index (Phi) is 6.39. The molecule has 1 amide bonds. The first-order chi connectivity index (χ1) is 18.1. The zero-order chi connectivity index (χ0) is 27.2. The van der Waals surface area contributed by atoms with Crippen LogP contribution in [0.1, 0.15) is 47.0 Å². The summed E-state index contributed by atoms with van der Waals surface area (Å²) in [5, 5.41) is 21.5. The van der Waals surface area contributed by atoms with Gasteiger partial charge in [0.15, 0.2) is 5.82 Å². The van der Waals surface area contributed by atoms with E-state index in [9.17, 15) is 23.1 Å². The number of carbonyl (C=O) groups excluding carboxylic acids is 1. The van der Waals surface area contributed by atoms with Gasteiger partial charge < -0.3 is 15.0 Å². The maximum Gasteiger partial charge on any atom is 0.416 e. The maximum atomic E-state index is 13.7. The van der Waals surface area contributed by atoms with Gasteiger partial charge in [0.1, 0.15) is 18.0 Å². The second-order valence-electron chi connectivity index (χ2n) is 9.10. The number of aliphatic hydroxyl groups excluding tert-OH is 1. The summed E-state index contributed by atoms with van der Waals surface area (Å²) in [6, 6.07) is 12.6. The Hall–Kier alpha value is -4.25. The maximum absolute atomic E-state index is 13.7. The highest BCUT2D eigenvalue weighted by atomic mass is 19.4. The molecule has 0 saturated heterocycles. The number of hydrogen-bond donors (Lipinski definition) is 2. The summed E-state index contributed by atoms with van der Waals surface area (Å²) in [7, 11) is 1.80. The van der Waals surface area contributed by atoms with E-state index in [1.807, 2.05) is 19.1 Å². The molecule has 4 aromatic rings. The number of halogens is 3. The third-order valence-electron chi connectivity index (χ3n) is 6.51. The number of aryl methyl sites for hydroxylation is 1. The molecule has 196 valence electrons. The topological polar surface area (TPSA) is 96.2 Å². The normalized spacial score (nSPS) is 14.1. The molecule has 38 heavy (non-hydrogen) atoms. The van der Waals surface area contributed by atoms with Crippen LogP contribution in [-0.2, 0) is 19.8 Å². The molecule has 2 aromatic carbocycles. The molecule has 0 aliphatic carbocycles. The van der Waals surface area contributed by atoms with Gasteiger partial charge in [-0.05, 0) is 66.4 Å².